The monoisotopic (exact) mass is 582 g/mol. The highest BCUT2D eigenvalue weighted by Crippen LogP contribution is 2.73. The van der Waals surface area contributed by atoms with Gasteiger partial charge in [0.1, 0.15) is 0 Å². The molecule has 1 fully saturated rings. The number of rotatable bonds is 4. The number of halogens is 2. The van der Waals surface area contributed by atoms with Gasteiger partial charge in [0.2, 0.25) is 19.7 Å². The Bertz CT molecular complexity index is 1210. The summed E-state index contributed by atoms with van der Waals surface area (Å²) in [5.41, 5.74) is -1.20. The minimum atomic E-state index is -3.70. The van der Waals surface area contributed by atoms with E-state index in [-0.39, 0.29) is 9.79 Å². The molecule has 3 aliphatic rings. The van der Waals surface area contributed by atoms with Gasteiger partial charge in [-0.25, -0.2) is 16.8 Å². The van der Waals surface area contributed by atoms with Crippen LogP contribution in [0.3, 0.4) is 0 Å². The number of sulfone groups is 2. The average molecular weight is 584 g/mol. The van der Waals surface area contributed by atoms with Gasteiger partial charge in [0.25, 0.3) is 0 Å². The molecule has 1 saturated carbocycles. The number of hydrogen-bond donors (Lipinski definition) is 0. The summed E-state index contributed by atoms with van der Waals surface area (Å²) in [4.78, 5) is 0.186. The second-order valence-electron chi connectivity index (χ2n) is 8.39. The fraction of sp³-hybridized carbons (Fsp3) is 0.304. The van der Waals surface area contributed by atoms with E-state index < -0.39 is 40.2 Å². The summed E-state index contributed by atoms with van der Waals surface area (Å²) < 4.78 is 53.8. The highest BCUT2D eigenvalue weighted by molar-refractivity contribution is 9.10. The van der Waals surface area contributed by atoms with Gasteiger partial charge in [-0.05, 0) is 37.1 Å². The highest BCUT2D eigenvalue weighted by Gasteiger charge is 2.69. The molecule has 3 aliphatic carbocycles. The molecular weight excluding hydrogens is 564 g/mol. The van der Waals surface area contributed by atoms with Crippen LogP contribution in [0.25, 0.3) is 0 Å². The Kier molecular flexibility index (Phi) is 4.98. The average Bonchev–Trinajstić information content (AvgIpc) is 3.34. The lowest BCUT2D eigenvalue weighted by atomic mass is 9.70. The topological polar surface area (TPSA) is 68.3 Å². The molecule has 162 valence electrons. The van der Waals surface area contributed by atoms with Gasteiger partial charge < -0.3 is 0 Å². The van der Waals surface area contributed by atoms with Gasteiger partial charge in [0, 0.05) is 10.8 Å². The van der Waals surface area contributed by atoms with Gasteiger partial charge in [-0.2, -0.15) is 0 Å². The predicted octanol–water partition coefficient (Wildman–Crippen LogP) is 5.41. The molecule has 0 heterocycles. The van der Waals surface area contributed by atoms with Crippen molar-refractivity contribution in [3.63, 3.8) is 0 Å². The maximum Gasteiger partial charge on any atom is 0.203 e. The van der Waals surface area contributed by atoms with Crippen molar-refractivity contribution in [1.82, 2.24) is 0 Å². The maximum absolute atomic E-state index is 13.5. The molecule has 4 nitrogen and oxygen atoms in total. The number of alkyl halides is 2. The molecule has 0 saturated heterocycles. The standard InChI is InChI=1S/C23H20Br2O4S2/c24-20-18(30(26,27)16-8-3-1-4-9-16)14-22-12-7-13-23(20,22)15-19(21(22)25)31(28,29)17-10-5-2-6-11-17/h1-6,8-11,14-15,20-21H,7,12-13H2/t20?,21?,22-,23-/m0/s1. The first-order chi connectivity index (χ1) is 14.7. The van der Waals surface area contributed by atoms with Crippen molar-refractivity contribution < 1.29 is 16.8 Å². The Morgan fingerprint density at radius 1 is 0.645 bits per heavy atom. The Balaban J connectivity index is 1.65. The highest BCUT2D eigenvalue weighted by atomic mass is 79.9. The quantitative estimate of drug-likeness (QED) is 0.451. The summed E-state index contributed by atoms with van der Waals surface area (Å²) in [5.74, 6) is 0. The summed E-state index contributed by atoms with van der Waals surface area (Å²) in [6.45, 7) is 0. The minimum Gasteiger partial charge on any atom is -0.219 e. The van der Waals surface area contributed by atoms with Crippen LogP contribution < -0.4 is 0 Å². The van der Waals surface area contributed by atoms with Gasteiger partial charge in [0.05, 0.1) is 29.3 Å². The number of allylic oxidation sites excluding steroid dienone is 4. The number of hydrogen-bond acceptors (Lipinski definition) is 4. The first kappa shape index (κ1) is 21.6. The molecule has 0 aliphatic heterocycles. The van der Waals surface area contributed by atoms with E-state index in [0.29, 0.717) is 9.81 Å². The van der Waals surface area contributed by atoms with Crippen LogP contribution in [0, 0.1) is 10.8 Å². The van der Waals surface area contributed by atoms with Crippen molar-refractivity contribution in [2.75, 3.05) is 0 Å². The van der Waals surface area contributed by atoms with E-state index in [0.717, 1.165) is 19.3 Å². The fourth-order valence-electron chi connectivity index (χ4n) is 5.48. The second kappa shape index (κ2) is 7.14. The van der Waals surface area contributed by atoms with Crippen LogP contribution in [0.1, 0.15) is 19.3 Å². The third-order valence-corrected chi connectivity index (χ3v) is 13.9. The molecule has 0 amide bonds. The molecule has 0 bridgehead atoms. The third-order valence-electron chi connectivity index (χ3n) is 6.98. The SMILES string of the molecule is O=S(=O)(C1=C[C@]23CCC[C@]2(C=C(S(=O)(=O)c2ccccc2)C3Br)C1Br)c1ccccc1. The van der Waals surface area contributed by atoms with Crippen LogP contribution in [0.15, 0.2) is 92.4 Å². The van der Waals surface area contributed by atoms with Gasteiger partial charge in [-0.3, -0.25) is 0 Å². The van der Waals surface area contributed by atoms with Crippen molar-refractivity contribution in [3.05, 3.63) is 82.6 Å². The van der Waals surface area contributed by atoms with Gasteiger partial charge in [0.15, 0.2) is 0 Å². The summed E-state index contributed by atoms with van der Waals surface area (Å²) in [7, 11) is -7.39. The van der Waals surface area contributed by atoms with Crippen LogP contribution in [0.2, 0.25) is 0 Å². The van der Waals surface area contributed by atoms with E-state index in [1.54, 1.807) is 60.7 Å². The zero-order valence-corrected chi connectivity index (χ0v) is 21.2. The van der Waals surface area contributed by atoms with Gasteiger partial charge in [-0.1, -0.05) is 86.8 Å². The molecular formula is C23H20Br2O4S2. The van der Waals surface area contributed by atoms with Crippen LogP contribution >= 0.6 is 31.9 Å². The van der Waals surface area contributed by atoms with Crippen LogP contribution in [0.4, 0.5) is 0 Å². The van der Waals surface area contributed by atoms with E-state index in [4.69, 9.17) is 0 Å². The zero-order valence-electron chi connectivity index (χ0n) is 16.4. The van der Waals surface area contributed by atoms with Crippen LogP contribution in [0.5, 0.6) is 0 Å². The molecule has 0 radical (unpaired) electrons. The van der Waals surface area contributed by atoms with Crippen molar-refractivity contribution in [2.45, 2.75) is 38.7 Å². The molecule has 5 rings (SSSR count). The molecule has 8 heteroatoms. The van der Waals surface area contributed by atoms with Crippen LogP contribution in [-0.2, 0) is 19.7 Å². The largest absolute Gasteiger partial charge is 0.219 e. The first-order valence-electron chi connectivity index (χ1n) is 10.0. The van der Waals surface area contributed by atoms with E-state index in [1.807, 2.05) is 12.2 Å². The minimum absolute atomic E-state index is 0.253. The molecule has 2 aromatic rings. The fourth-order valence-corrected chi connectivity index (χ4v) is 12.1. The summed E-state index contributed by atoms with van der Waals surface area (Å²) in [5, 5.41) is 0. The van der Waals surface area contributed by atoms with Gasteiger partial charge >= 0.3 is 0 Å². The van der Waals surface area contributed by atoms with E-state index in [1.165, 1.54) is 0 Å². The summed E-state index contributed by atoms with van der Waals surface area (Å²) in [6, 6.07) is 16.8. The molecule has 2 aromatic carbocycles. The van der Waals surface area contributed by atoms with E-state index in [9.17, 15) is 16.8 Å². The number of benzene rings is 2. The summed E-state index contributed by atoms with van der Waals surface area (Å²) in [6.07, 6.45) is 6.04. The van der Waals surface area contributed by atoms with Crippen molar-refractivity contribution in [2.24, 2.45) is 10.8 Å². The van der Waals surface area contributed by atoms with Gasteiger partial charge in [-0.15, -0.1) is 0 Å². The molecule has 31 heavy (non-hydrogen) atoms. The predicted molar refractivity (Wildman–Crippen MR) is 128 cm³/mol. The van der Waals surface area contributed by atoms with Crippen molar-refractivity contribution in [3.8, 4) is 0 Å². The molecule has 2 unspecified atom stereocenters. The Labute approximate surface area is 199 Å². The molecule has 0 spiro atoms. The molecule has 4 atom stereocenters. The van der Waals surface area contributed by atoms with Crippen molar-refractivity contribution >= 4 is 51.5 Å². The molecule has 0 aromatic heterocycles. The summed E-state index contributed by atoms with van der Waals surface area (Å²) >= 11 is 7.42. The Morgan fingerprint density at radius 2 is 1.00 bits per heavy atom. The van der Waals surface area contributed by atoms with E-state index in [2.05, 4.69) is 31.9 Å². The Morgan fingerprint density at radius 3 is 1.35 bits per heavy atom. The first-order valence-corrected chi connectivity index (χ1v) is 14.8. The normalized spacial score (nSPS) is 32.3. The third kappa shape index (κ3) is 2.81. The Hall–Kier alpha value is -1.22. The van der Waals surface area contributed by atoms with E-state index >= 15 is 0 Å². The maximum atomic E-state index is 13.5. The van der Waals surface area contributed by atoms with Crippen molar-refractivity contribution in [1.29, 1.82) is 0 Å². The second-order valence-corrected chi connectivity index (χ2v) is 14.1. The lowest BCUT2D eigenvalue weighted by Gasteiger charge is -2.38. The molecule has 0 N–H and O–H groups in total. The lowest BCUT2D eigenvalue weighted by Crippen LogP contribution is -2.38. The van der Waals surface area contributed by atoms with Crippen LogP contribution in [-0.4, -0.2) is 26.5 Å². The zero-order chi connectivity index (χ0) is 22.1. The smallest absolute Gasteiger partial charge is 0.203 e. The lowest BCUT2D eigenvalue weighted by molar-refractivity contribution is 0.247.